The Labute approximate surface area is 175 Å². The van der Waals surface area contributed by atoms with E-state index in [-0.39, 0.29) is 5.91 Å². The molecule has 8 heteroatoms. The van der Waals surface area contributed by atoms with E-state index in [2.05, 4.69) is 36.2 Å². The maximum atomic E-state index is 12.3. The Hall–Kier alpha value is -3.52. The van der Waals surface area contributed by atoms with Crippen LogP contribution >= 0.6 is 15.9 Å². The summed E-state index contributed by atoms with van der Waals surface area (Å²) < 4.78 is 8.56. The van der Waals surface area contributed by atoms with E-state index < -0.39 is 0 Å². The molecule has 7 nitrogen and oxygen atoms in total. The minimum absolute atomic E-state index is 0.178. The van der Waals surface area contributed by atoms with Gasteiger partial charge in [-0.2, -0.15) is 4.98 Å². The zero-order valence-corrected chi connectivity index (χ0v) is 17.0. The van der Waals surface area contributed by atoms with Crippen molar-refractivity contribution in [2.24, 2.45) is 0 Å². The summed E-state index contributed by atoms with van der Waals surface area (Å²) in [5, 5.41) is 2.86. The van der Waals surface area contributed by atoms with Gasteiger partial charge in [0.2, 0.25) is 5.88 Å². The zero-order valence-electron chi connectivity index (χ0n) is 15.4. The fourth-order valence-corrected chi connectivity index (χ4v) is 2.90. The number of anilines is 1. The van der Waals surface area contributed by atoms with Gasteiger partial charge in [-0.1, -0.05) is 15.9 Å². The number of hydrogen-bond donors (Lipinski definition) is 1. The number of carbonyl (C=O) groups is 1. The van der Waals surface area contributed by atoms with Crippen LogP contribution in [0.3, 0.4) is 0 Å². The molecule has 144 valence electrons. The highest BCUT2D eigenvalue weighted by Gasteiger charge is 2.08. The topological polar surface area (TPSA) is 81.9 Å². The molecule has 0 aliphatic carbocycles. The Balaban J connectivity index is 1.46. The molecule has 0 fully saturated rings. The van der Waals surface area contributed by atoms with Crippen LogP contribution in [0.5, 0.6) is 11.6 Å². The van der Waals surface area contributed by atoms with E-state index in [0.29, 0.717) is 34.5 Å². The third-order valence-electron chi connectivity index (χ3n) is 4.01. The highest BCUT2D eigenvalue weighted by molar-refractivity contribution is 9.10. The summed E-state index contributed by atoms with van der Waals surface area (Å²) in [4.78, 5) is 25.0. The monoisotopic (exact) mass is 449 g/mol. The number of aryl methyl sites for hydroxylation is 1. The van der Waals surface area contributed by atoms with Crippen LogP contribution in [0.25, 0.3) is 5.82 Å². The van der Waals surface area contributed by atoms with Crippen molar-refractivity contribution in [3.05, 3.63) is 89.2 Å². The molecular formula is C21H16BrN5O2. The Morgan fingerprint density at radius 3 is 2.52 bits per heavy atom. The summed E-state index contributed by atoms with van der Waals surface area (Å²) in [6, 6.07) is 16.0. The third-order valence-corrected chi connectivity index (χ3v) is 4.54. The van der Waals surface area contributed by atoms with Crippen molar-refractivity contribution in [1.29, 1.82) is 0 Å². The van der Waals surface area contributed by atoms with E-state index in [1.165, 1.54) is 0 Å². The largest absolute Gasteiger partial charge is 0.439 e. The molecule has 1 amide bonds. The summed E-state index contributed by atoms with van der Waals surface area (Å²) in [5.41, 5.74) is 1.25. The highest BCUT2D eigenvalue weighted by atomic mass is 79.9. The lowest BCUT2D eigenvalue weighted by Gasteiger charge is -2.09. The Kier molecular flexibility index (Phi) is 5.35. The van der Waals surface area contributed by atoms with E-state index >= 15 is 0 Å². The lowest BCUT2D eigenvalue weighted by molar-refractivity contribution is 0.102. The van der Waals surface area contributed by atoms with Gasteiger partial charge >= 0.3 is 0 Å². The van der Waals surface area contributed by atoms with E-state index in [0.717, 1.165) is 4.47 Å². The first-order valence-electron chi connectivity index (χ1n) is 8.76. The lowest BCUT2D eigenvalue weighted by Crippen LogP contribution is -2.11. The molecule has 0 radical (unpaired) electrons. The normalized spacial score (nSPS) is 10.6. The molecular weight excluding hydrogens is 434 g/mol. The third kappa shape index (κ3) is 4.67. The van der Waals surface area contributed by atoms with Crippen molar-refractivity contribution >= 4 is 27.5 Å². The van der Waals surface area contributed by atoms with E-state index in [1.807, 2.05) is 12.1 Å². The number of nitrogens with one attached hydrogen (secondary N) is 1. The predicted molar refractivity (Wildman–Crippen MR) is 113 cm³/mol. The van der Waals surface area contributed by atoms with Crippen molar-refractivity contribution in [2.45, 2.75) is 6.92 Å². The summed E-state index contributed by atoms with van der Waals surface area (Å²) in [5.74, 6) is 2.10. The number of rotatable bonds is 5. The predicted octanol–water partition coefficient (Wildman–Crippen LogP) is 4.78. The first-order chi connectivity index (χ1) is 14.1. The molecule has 4 rings (SSSR count). The molecule has 2 aromatic heterocycles. The van der Waals surface area contributed by atoms with Gasteiger partial charge in [-0.25, -0.2) is 9.97 Å². The van der Waals surface area contributed by atoms with E-state index in [4.69, 9.17) is 4.74 Å². The van der Waals surface area contributed by atoms with Crippen molar-refractivity contribution < 1.29 is 9.53 Å². The second-order valence-corrected chi connectivity index (χ2v) is 7.08. The minimum atomic E-state index is -0.178. The van der Waals surface area contributed by atoms with Gasteiger partial charge in [0, 0.05) is 34.2 Å². The molecule has 0 aliphatic heterocycles. The molecule has 1 N–H and O–H groups in total. The number of halogens is 1. The van der Waals surface area contributed by atoms with Crippen molar-refractivity contribution in [1.82, 2.24) is 19.5 Å². The molecule has 29 heavy (non-hydrogen) atoms. The van der Waals surface area contributed by atoms with Gasteiger partial charge < -0.3 is 10.1 Å². The quantitative estimate of drug-likeness (QED) is 0.474. The molecule has 0 unspecified atom stereocenters. The first kappa shape index (κ1) is 18.8. The van der Waals surface area contributed by atoms with Crippen LogP contribution in [0.1, 0.15) is 16.2 Å². The van der Waals surface area contributed by atoms with Crippen LogP contribution < -0.4 is 10.1 Å². The average Bonchev–Trinajstić information content (AvgIpc) is 3.24. The van der Waals surface area contributed by atoms with Crippen LogP contribution in [0.2, 0.25) is 0 Å². The maximum Gasteiger partial charge on any atom is 0.255 e. The standard InChI is InChI=1S/C21H16BrN5O2/c1-14-24-19(27-11-10-23-13-27)12-20(25-14)29-18-8-6-17(7-9-18)26-21(28)15-2-4-16(22)5-3-15/h2-13H,1H3,(H,26,28). The SMILES string of the molecule is Cc1nc(Oc2ccc(NC(=O)c3ccc(Br)cc3)cc2)cc(-n2ccnc2)n1. The number of nitrogens with zero attached hydrogens (tertiary/aromatic N) is 4. The fourth-order valence-electron chi connectivity index (χ4n) is 2.64. The van der Waals surface area contributed by atoms with Gasteiger partial charge in [0.15, 0.2) is 0 Å². The van der Waals surface area contributed by atoms with Crippen LogP contribution in [0.15, 0.2) is 77.8 Å². The molecule has 0 spiro atoms. The molecule has 4 aromatic rings. The van der Waals surface area contributed by atoms with Crippen LogP contribution in [-0.4, -0.2) is 25.4 Å². The molecule has 2 aromatic carbocycles. The molecule has 0 saturated carbocycles. The number of aromatic nitrogens is 4. The molecule has 0 atom stereocenters. The summed E-state index contributed by atoms with van der Waals surface area (Å²) in [6.45, 7) is 1.80. The summed E-state index contributed by atoms with van der Waals surface area (Å²) in [7, 11) is 0. The number of imidazole rings is 1. The van der Waals surface area contributed by atoms with E-state index in [9.17, 15) is 4.79 Å². The molecule has 0 aliphatic rings. The van der Waals surface area contributed by atoms with Gasteiger partial charge in [0.25, 0.3) is 5.91 Å². The second-order valence-electron chi connectivity index (χ2n) is 6.17. The summed E-state index contributed by atoms with van der Waals surface area (Å²) in [6.07, 6.45) is 5.14. The first-order valence-corrected chi connectivity index (χ1v) is 9.55. The molecule has 0 bridgehead atoms. The van der Waals surface area contributed by atoms with E-state index in [1.54, 1.807) is 72.7 Å². The Bertz CT molecular complexity index is 1130. The van der Waals surface area contributed by atoms with Crippen molar-refractivity contribution in [3.63, 3.8) is 0 Å². The van der Waals surface area contributed by atoms with Gasteiger partial charge in [-0.3, -0.25) is 9.36 Å². The minimum Gasteiger partial charge on any atom is -0.439 e. The van der Waals surface area contributed by atoms with Gasteiger partial charge in [-0.15, -0.1) is 0 Å². The van der Waals surface area contributed by atoms with Gasteiger partial charge in [0.05, 0.1) is 0 Å². The second kappa shape index (κ2) is 8.24. The lowest BCUT2D eigenvalue weighted by atomic mass is 10.2. The number of hydrogen-bond acceptors (Lipinski definition) is 5. The van der Waals surface area contributed by atoms with Crippen LogP contribution in [0.4, 0.5) is 5.69 Å². The smallest absolute Gasteiger partial charge is 0.255 e. The van der Waals surface area contributed by atoms with Crippen LogP contribution in [0, 0.1) is 6.92 Å². The van der Waals surface area contributed by atoms with Gasteiger partial charge in [-0.05, 0) is 55.5 Å². The fraction of sp³-hybridized carbons (Fsp3) is 0.0476. The van der Waals surface area contributed by atoms with Crippen molar-refractivity contribution in [2.75, 3.05) is 5.32 Å². The number of ether oxygens (including phenoxy) is 1. The maximum absolute atomic E-state index is 12.3. The van der Waals surface area contributed by atoms with Crippen LogP contribution in [-0.2, 0) is 0 Å². The molecule has 2 heterocycles. The van der Waals surface area contributed by atoms with Crippen molar-refractivity contribution in [3.8, 4) is 17.4 Å². The summed E-state index contributed by atoms with van der Waals surface area (Å²) >= 11 is 3.36. The number of carbonyl (C=O) groups excluding carboxylic acids is 1. The zero-order chi connectivity index (χ0) is 20.2. The Morgan fingerprint density at radius 1 is 1.07 bits per heavy atom. The van der Waals surface area contributed by atoms with Gasteiger partial charge in [0.1, 0.15) is 23.7 Å². The molecule has 0 saturated heterocycles. The average molecular weight is 450 g/mol. The number of amides is 1. The highest BCUT2D eigenvalue weighted by Crippen LogP contribution is 2.23. The Morgan fingerprint density at radius 2 is 1.83 bits per heavy atom. The number of benzene rings is 2.